The van der Waals surface area contributed by atoms with Crippen molar-refractivity contribution in [1.82, 2.24) is 0 Å². The average Bonchev–Trinajstić information content (AvgIpc) is 3.15. The quantitative estimate of drug-likeness (QED) is 0.713. The van der Waals surface area contributed by atoms with Crippen molar-refractivity contribution >= 4 is 21.7 Å². The topological polar surface area (TPSA) is 109 Å². The van der Waals surface area contributed by atoms with Crippen LogP contribution in [0, 0.1) is 5.41 Å². The van der Waals surface area contributed by atoms with Gasteiger partial charge in [-0.2, -0.15) is 0 Å². The smallest absolute Gasteiger partial charge is 0.337 e. The van der Waals surface area contributed by atoms with Crippen molar-refractivity contribution in [2.75, 3.05) is 11.9 Å². The maximum atomic E-state index is 11.3. The maximum Gasteiger partial charge on any atom is 0.337 e. The molecule has 1 fully saturated rings. The molecule has 6 nitrogen and oxygen atoms in total. The second-order valence-corrected chi connectivity index (χ2v) is 7.22. The Labute approximate surface area is 124 Å². The fourth-order valence-corrected chi connectivity index (χ4v) is 3.08. The predicted molar refractivity (Wildman–Crippen MR) is 79.8 cm³/mol. The van der Waals surface area contributed by atoms with Crippen LogP contribution in [0.3, 0.4) is 0 Å². The van der Waals surface area contributed by atoms with Crippen LogP contribution in [0.4, 0.5) is 5.69 Å². The first-order chi connectivity index (χ1) is 9.77. The zero-order chi connectivity index (χ0) is 15.7. The van der Waals surface area contributed by atoms with Crippen LogP contribution in [-0.2, 0) is 10.0 Å². The second-order valence-electron chi connectivity index (χ2n) is 5.66. The Balaban J connectivity index is 2.21. The number of carboxylic acid groups (broad SMARTS) is 1. The van der Waals surface area contributed by atoms with Gasteiger partial charge in [-0.1, -0.05) is 13.3 Å². The Kier molecular flexibility index (Phi) is 4.25. The van der Waals surface area contributed by atoms with Gasteiger partial charge in [-0.15, -0.1) is 0 Å². The third-order valence-corrected chi connectivity index (χ3v) is 4.85. The number of sulfonamides is 1. The summed E-state index contributed by atoms with van der Waals surface area (Å²) in [6, 6.07) is 3.88. The molecule has 0 heterocycles. The minimum Gasteiger partial charge on any atom is -0.478 e. The second kappa shape index (κ2) is 5.65. The van der Waals surface area contributed by atoms with E-state index in [1.165, 1.54) is 12.1 Å². The minimum absolute atomic E-state index is 0.0752. The van der Waals surface area contributed by atoms with Gasteiger partial charge in [-0.25, -0.2) is 18.4 Å². The molecule has 0 amide bonds. The Morgan fingerprint density at radius 2 is 2.10 bits per heavy atom. The van der Waals surface area contributed by atoms with Crippen molar-refractivity contribution in [3.63, 3.8) is 0 Å². The third-order valence-electron chi connectivity index (χ3n) is 3.94. The number of carbonyl (C=O) groups is 1. The van der Waals surface area contributed by atoms with Gasteiger partial charge >= 0.3 is 5.97 Å². The molecule has 1 aliphatic carbocycles. The largest absolute Gasteiger partial charge is 0.478 e. The summed E-state index contributed by atoms with van der Waals surface area (Å²) in [6.07, 6.45) is 4.49. The van der Waals surface area contributed by atoms with E-state index in [9.17, 15) is 18.3 Å². The van der Waals surface area contributed by atoms with Crippen LogP contribution in [0.1, 0.15) is 43.0 Å². The number of benzene rings is 1. The molecule has 1 aromatic carbocycles. The fraction of sp³-hybridized carbons (Fsp3) is 0.500. The van der Waals surface area contributed by atoms with Crippen LogP contribution in [0.15, 0.2) is 23.1 Å². The molecule has 21 heavy (non-hydrogen) atoms. The van der Waals surface area contributed by atoms with Gasteiger partial charge in [0.2, 0.25) is 10.0 Å². The van der Waals surface area contributed by atoms with Crippen LogP contribution in [0.5, 0.6) is 0 Å². The molecule has 7 heteroatoms. The Bertz CT molecular complexity index is 651. The van der Waals surface area contributed by atoms with Crippen molar-refractivity contribution in [2.45, 2.75) is 37.5 Å². The van der Waals surface area contributed by atoms with Crippen LogP contribution < -0.4 is 10.5 Å². The highest BCUT2D eigenvalue weighted by atomic mass is 32.2. The van der Waals surface area contributed by atoms with Gasteiger partial charge in [-0.05, 0) is 42.9 Å². The summed E-state index contributed by atoms with van der Waals surface area (Å²) in [7, 11) is -3.91. The van der Waals surface area contributed by atoms with E-state index < -0.39 is 16.0 Å². The van der Waals surface area contributed by atoms with Gasteiger partial charge in [0.05, 0.1) is 10.5 Å². The van der Waals surface area contributed by atoms with Crippen molar-refractivity contribution in [3.8, 4) is 0 Å². The number of primary sulfonamides is 1. The lowest BCUT2D eigenvalue weighted by molar-refractivity contribution is 0.0697. The Hall–Kier alpha value is -1.60. The summed E-state index contributed by atoms with van der Waals surface area (Å²) in [5.74, 6) is -1.18. The van der Waals surface area contributed by atoms with Crippen LogP contribution in [-0.4, -0.2) is 26.0 Å². The first-order valence-corrected chi connectivity index (χ1v) is 8.46. The van der Waals surface area contributed by atoms with E-state index in [0.717, 1.165) is 31.7 Å². The number of nitrogens with one attached hydrogen (secondary N) is 1. The number of carboxylic acids is 1. The summed E-state index contributed by atoms with van der Waals surface area (Å²) in [5.41, 5.74) is 0.620. The number of hydrogen-bond acceptors (Lipinski definition) is 4. The molecular weight excluding hydrogens is 292 g/mol. The molecule has 2 rings (SSSR count). The molecule has 0 radical (unpaired) electrons. The van der Waals surface area contributed by atoms with Gasteiger partial charge in [-0.3, -0.25) is 0 Å². The van der Waals surface area contributed by atoms with Crippen LogP contribution >= 0.6 is 0 Å². The molecule has 0 atom stereocenters. The molecule has 4 N–H and O–H groups in total. The van der Waals surface area contributed by atoms with Gasteiger partial charge < -0.3 is 10.4 Å². The molecule has 0 saturated heterocycles. The summed E-state index contributed by atoms with van der Waals surface area (Å²) in [6.45, 7) is 2.83. The average molecular weight is 312 g/mol. The first kappa shape index (κ1) is 15.8. The molecule has 0 aliphatic heterocycles. The van der Waals surface area contributed by atoms with Crippen molar-refractivity contribution in [2.24, 2.45) is 10.6 Å². The molecule has 1 aliphatic rings. The van der Waals surface area contributed by atoms with E-state index in [4.69, 9.17) is 5.14 Å². The molecule has 1 aromatic rings. The van der Waals surface area contributed by atoms with Crippen LogP contribution in [0.2, 0.25) is 0 Å². The summed E-state index contributed by atoms with van der Waals surface area (Å²) in [4.78, 5) is 11.1. The zero-order valence-electron chi connectivity index (χ0n) is 11.9. The minimum atomic E-state index is -3.91. The fourth-order valence-electron chi connectivity index (χ4n) is 2.54. The van der Waals surface area contributed by atoms with E-state index in [-0.39, 0.29) is 15.9 Å². The van der Waals surface area contributed by atoms with E-state index in [2.05, 4.69) is 12.2 Å². The zero-order valence-corrected chi connectivity index (χ0v) is 12.7. The molecule has 116 valence electrons. The lowest BCUT2D eigenvalue weighted by Crippen LogP contribution is -2.18. The molecule has 1 saturated carbocycles. The number of rotatable bonds is 7. The monoisotopic (exact) mass is 312 g/mol. The van der Waals surface area contributed by atoms with Crippen molar-refractivity contribution in [1.29, 1.82) is 0 Å². The maximum absolute atomic E-state index is 11.3. The normalized spacial score (nSPS) is 16.5. The highest BCUT2D eigenvalue weighted by Gasteiger charge is 2.41. The molecule has 0 spiro atoms. The lowest BCUT2D eigenvalue weighted by Gasteiger charge is -2.17. The molecule has 0 unspecified atom stereocenters. The van der Waals surface area contributed by atoms with Gasteiger partial charge in [0.15, 0.2) is 0 Å². The molecule has 0 aromatic heterocycles. The Morgan fingerprint density at radius 1 is 1.43 bits per heavy atom. The van der Waals surface area contributed by atoms with Gasteiger partial charge in [0.1, 0.15) is 0 Å². The third kappa shape index (κ3) is 3.74. The summed E-state index contributed by atoms with van der Waals surface area (Å²) in [5, 5.41) is 17.4. The summed E-state index contributed by atoms with van der Waals surface area (Å²) < 4.78 is 22.6. The lowest BCUT2D eigenvalue weighted by atomic mass is 10.0. The highest BCUT2D eigenvalue weighted by Crippen LogP contribution is 2.49. The van der Waals surface area contributed by atoms with Gasteiger partial charge in [0, 0.05) is 12.2 Å². The number of aromatic carboxylic acids is 1. The molecule has 0 bridgehead atoms. The van der Waals surface area contributed by atoms with E-state index in [1.54, 1.807) is 0 Å². The molecular formula is C14H20N2O4S. The standard InChI is InChI=1S/C14H20N2O4S/c1-2-5-14(6-7-14)9-16-12-4-3-10(21(15,19)20)8-11(12)13(17)18/h3-4,8,16H,2,5-7,9H2,1H3,(H,17,18)(H2,15,19,20). The van der Waals surface area contributed by atoms with E-state index in [0.29, 0.717) is 12.2 Å². The van der Waals surface area contributed by atoms with Crippen molar-refractivity contribution < 1.29 is 18.3 Å². The SMILES string of the molecule is CCCC1(CNc2ccc(S(N)(=O)=O)cc2C(=O)O)CC1. The number of hydrogen-bond donors (Lipinski definition) is 3. The summed E-state index contributed by atoms with van der Waals surface area (Å²) >= 11 is 0. The predicted octanol–water partition coefficient (Wildman–Crippen LogP) is 2.02. The highest BCUT2D eigenvalue weighted by molar-refractivity contribution is 7.89. The Morgan fingerprint density at radius 3 is 2.57 bits per heavy atom. The van der Waals surface area contributed by atoms with Gasteiger partial charge in [0.25, 0.3) is 0 Å². The van der Waals surface area contributed by atoms with E-state index in [1.807, 2.05) is 0 Å². The number of nitrogens with two attached hydrogens (primary N) is 1. The van der Waals surface area contributed by atoms with Crippen LogP contribution in [0.25, 0.3) is 0 Å². The van der Waals surface area contributed by atoms with E-state index >= 15 is 0 Å². The number of anilines is 1. The first-order valence-electron chi connectivity index (χ1n) is 6.91. The van der Waals surface area contributed by atoms with Crippen molar-refractivity contribution in [3.05, 3.63) is 23.8 Å².